The van der Waals surface area contributed by atoms with Crippen LogP contribution in [0.4, 0.5) is 0 Å². The first kappa shape index (κ1) is 9.73. The molecule has 72 valence electrons. The third kappa shape index (κ3) is 3.71. The molecule has 0 aliphatic rings. The number of rotatable bonds is 4. The highest BCUT2D eigenvalue weighted by Gasteiger charge is 2.04. The molecule has 1 rings (SSSR count). The fourth-order valence-electron chi connectivity index (χ4n) is 0.880. The van der Waals surface area contributed by atoms with Crippen LogP contribution in [0.2, 0.25) is 0 Å². The fraction of sp³-hybridized carbons (Fsp3) is 0.500. The maximum absolute atomic E-state index is 11.1. The topological polar surface area (TPSA) is 78.0 Å². The summed E-state index contributed by atoms with van der Waals surface area (Å²) in [7, 11) is 0. The van der Waals surface area contributed by atoms with E-state index in [0.717, 1.165) is 5.69 Å². The Morgan fingerprint density at radius 3 is 3.15 bits per heavy atom. The van der Waals surface area contributed by atoms with Crippen LogP contribution in [0, 0.1) is 0 Å². The van der Waals surface area contributed by atoms with E-state index in [9.17, 15) is 4.79 Å². The molecule has 0 saturated carbocycles. The van der Waals surface area contributed by atoms with Crippen molar-refractivity contribution in [3.05, 3.63) is 18.0 Å². The third-order valence-electron chi connectivity index (χ3n) is 1.50. The molecule has 0 saturated heterocycles. The van der Waals surface area contributed by atoms with Crippen LogP contribution >= 0.6 is 0 Å². The van der Waals surface area contributed by atoms with Gasteiger partial charge in [-0.05, 0) is 13.0 Å². The van der Waals surface area contributed by atoms with E-state index in [1.54, 1.807) is 19.2 Å². The molecule has 5 nitrogen and oxygen atoms in total. The number of amides is 1. The van der Waals surface area contributed by atoms with Crippen molar-refractivity contribution in [3.63, 3.8) is 0 Å². The smallest absolute Gasteiger partial charge is 0.226 e. The maximum atomic E-state index is 11.1. The number of hydrogen-bond donors (Lipinski definition) is 3. The summed E-state index contributed by atoms with van der Waals surface area (Å²) in [5.74, 6) is -0.120. The van der Waals surface area contributed by atoms with Crippen molar-refractivity contribution in [1.29, 1.82) is 0 Å². The Bertz CT molecular complexity index is 256. The monoisotopic (exact) mass is 183 g/mol. The molecule has 1 aromatic rings. The summed E-state index contributed by atoms with van der Waals surface area (Å²) < 4.78 is 0. The van der Waals surface area contributed by atoms with Gasteiger partial charge < -0.3 is 10.4 Å². The molecule has 13 heavy (non-hydrogen) atoms. The van der Waals surface area contributed by atoms with Crippen LogP contribution in [-0.2, 0) is 11.2 Å². The summed E-state index contributed by atoms with van der Waals surface area (Å²) in [5, 5.41) is 17.9. The zero-order chi connectivity index (χ0) is 9.68. The summed E-state index contributed by atoms with van der Waals surface area (Å²) in [6, 6.07) is 1.74. The van der Waals surface area contributed by atoms with Crippen LogP contribution in [0.15, 0.2) is 12.3 Å². The Morgan fingerprint density at radius 2 is 2.62 bits per heavy atom. The minimum atomic E-state index is -0.509. The second kappa shape index (κ2) is 4.61. The second-order valence-corrected chi connectivity index (χ2v) is 2.91. The molecule has 0 fully saturated rings. The number of aliphatic hydroxyl groups is 1. The first-order valence-corrected chi connectivity index (χ1v) is 4.11. The summed E-state index contributed by atoms with van der Waals surface area (Å²) in [6.45, 7) is 1.91. The molecular weight excluding hydrogens is 170 g/mol. The van der Waals surface area contributed by atoms with E-state index in [-0.39, 0.29) is 18.9 Å². The molecule has 0 aliphatic carbocycles. The van der Waals surface area contributed by atoms with Crippen molar-refractivity contribution < 1.29 is 9.90 Å². The van der Waals surface area contributed by atoms with Gasteiger partial charge in [-0.1, -0.05) is 0 Å². The number of carbonyl (C=O) groups excluding carboxylic acids is 1. The lowest BCUT2D eigenvalue weighted by Crippen LogP contribution is -2.31. The van der Waals surface area contributed by atoms with Gasteiger partial charge in [0, 0.05) is 18.4 Å². The lowest BCUT2D eigenvalue weighted by atomic mass is 10.3. The SMILES string of the molecule is C[C@@H](O)CNC(=O)Cc1ccn[nH]1. The average molecular weight is 183 g/mol. The standard InChI is InChI=1S/C8H13N3O2/c1-6(12)5-9-8(13)4-7-2-3-10-11-7/h2-3,6,12H,4-5H2,1H3,(H,9,13)(H,10,11)/t6-/m1/s1. The minimum absolute atomic E-state index is 0.120. The first-order chi connectivity index (χ1) is 6.18. The van der Waals surface area contributed by atoms with Gasteiger partial charge >= 0.3 is 0 Å². The van der Waals surface area contributed by atoms with Crippen molar-refractivity contribution in [1.82, 2.24) is 15.5 Å². The van der Waals surface area contributed by atoms with Gasteiger partial charge in [-0.25, -0.2) is 0 Å². The molecule has 0 unspecified atom stereocenters. The van der Waals surface area contributed by atoms with E-state index in [1.165, 1.54) is 0 Å². The molecule has 1 heterocycles. The molecule has 1 aromatic heterocycles. The predicted molar refractivity (Wildman–Crippen MR) is 47.0 cm³/mol. The molecule has 0 aromatic carbocycles. The van der Waals surface area contributed by atoms with Crippen LogP contribution in [0.3, 0.4) is 0 Å². The zero-order valence-corrected chi connectivity index (χ0v) is 7.45. The van der Waals surface area contributed by atoms with Gasteiger partial charge in [0.15, 0.2) is 0 Å². The van der Waals surface area contributed by atoms with Crippen molar-refractivity contribution >= 4 is 5.91 Å². The fourth-order valence-corrected chi connectivity index (χ4v) is 0.880. The van der Waals surface area contributed by atoms with Gasteiger partial charge in [-0.15, -0.1) is 0 Å². The lowest BCUT2D eigenvalue weighted by molar-refractivity contribution is -0.120. The van der Waals surface area contributed by atoms with Gasteiger partial charge in [0.25, 0.3) is 0 Å². The maximum Gasteiger partial charge on any atom is 0.226 e. The number of aliphatic hydroxyl groups excluding tert-OH is 1. The number of nitrogens with one attached hydrogen (secondary N) is 2. The van der Waals surface area contributed by atoms with E-state index in [4.69, 9.17) is 5.11 Å². The molecule has 0 spiro atoms. The summed E-state index contributed by atoms with van der Waals surface area (Å²) in [6.07, 6.45) is 1.36. The Morgan fingerprint density at radius 1 is 1.85 bits per heavy atom. The van der Waals surface area contributed by atoms with Crippen molar-refractivity contribution in [3.8, 4) is 0 Å². The second-order valence-electron chi connectivity index (χ2n) is 2.91. The highest BCUT2D eigenvalue weighted by Crippen LogP contribution is 1.92. The summed E-state index contributed by atoms with van der Waals surface area (Å²) >= 11 is 0. The highest BCUT2D eigenvalue weighted by atomic mass is 16.3. The van der Waals surface area contributed by atoms with Crippen LogP contribution in [-0.4, -0.2) is 33.9 Å². The Balaban J connectivity index is 2.26. The van der Waals surface area contributed by atoms with Crippen molar-refractivity contribution in [2.45, 2.75) is 19.4 Å². The van der Waals surface area contributed by atoms with Crippen LogP contribution in [0.25, 0.3) is 0 Å². The number of H-pyrrole nitrogens is 1. The van der Waals surface area contributed by atoms with E-state index in [0.29, 0.717) is 0 Å². The predicted octanol–water partition coefficient (Wildman–Crippen LogP) is -0.551. The van der Waals surface area contributed by atoms with E-state index in [2.05, 4.69) is 15.5 Å². The van der Waals surface area contributed by atoms with Gasteiger partial charge in [0.2, 0.25) is 5.91 Å². The molecule has 1 amide bonds. The van der Waals surface area contributed by atoms with E-state index < -0.39 is 6.10 Å². The van der Waals surface area contributed by atoms with Crippen LogP contribution in [0.5, 0.6) is 0 Å². The van der Waals surface area contributed by atoms with Crippen LogP contribution in [0.1, 0.15) is 12.6 Å². The summed E-state index contributed by atoms with van der Waals surface area (Å²) in [5.41, 5.74) is 0.767. The first-order valence-electron chi connectivity index (χ1n) is 4.11. The molecule has 1 atom stereocenters. The molecular formula is C8H13N3O2. The zero-order valence-electron chi connectivity index (χ0n) is 7.45. The lowest BCUT2D eigenvalue weighted by Gasteiger charge is -2.05. The minimum Gasteiger partial charge on any atom is -0.392 e. The number of carbonyl (C=O) groups is 1. The molecule has 0 aliphatic heterocycles. The van der Waals surface area contributed by atoms with Gasteiger partial charge in [0.05, 0.1) is 12.5 Å². The molecule has 3 N–H and O–H groups in total. The molecule has 0 bridgehead atoms. The van der Waals surface area contributed by atoms with Crippen molar-refractivity contribution in [2.75, 3.05) is 6.54 Å². The summed E-state index contributed by atoms with van der Waals surface area (Å²) in [4.78, 5) is 11.1. The Labute approximate surface area is 76.2 Å². The Hall–Kier alpha value is -1.36. The largest absolute Gasteiger partial charge is 0.392 e. The van der Waals surface area contributed by atoms with E-state index >= 15 is 0 Å². The van der Waals surface area contributed by atoms with E-state index in [1.807, 2.05) is 0 Å². The number of nitrogens with zero attached hydrogens (tertiary/aromatic N) is 1. The molecule has 5 heteroatoms. The third-order valence-corrected chi connectivity index (χ3v) is 1.50. The number of hydrogen-bond acceptors (Lipinski definition) is 3. The van der Waals surface area contributed by atoms with Gasteiger partial charge in [-0.2, -0.15) is 5.10 Å². The quantitative estimate of drug-likeness (QED) is 0.586. The molecule has 0 radical (unpaired) electrons. The average Bonchev–Trinajstić information content (AvgIpc) is 2.53. The number of aromatic nitrogens is 2. The Kier molecular flexibility index (Phi) is 3.45. The van der Waals surface area contributed by atoms with Crippen molar-refractivity contribution in [2.24, 2.45) is 0 Å². The van der Waals surface area contributed by atoms with Crippen LogP contribution < -0.4 is 5.32 Å². The number of aromatic amines is 1. The van der Waals surface area contributed by atoms with Gasteiger partial charge in [-0.3, -0.25) is 9.89 Å². The van der Waals surface area contributed by atoms with Gasteiger partial charge in [0.1, 0.15) is 0 Å². The normalized spacial score (nSPS) is 12.5. The highest BCUT2D eigenvalue weighted by molar-refractivity contribution is 5.78.